The summed E-state index contributed by atoms with van der Waals surface area (Å²) in [5, 5.41) is 4.50. The molecule has 2 aromatic carbocycles. The molecule has 0 amide bonds. The lowest BCUT2D eigenvalue weighted by molar-refractivity contribution is 0.391. The zero-order valence-corrected chi connectivity index (χ0v) is 15.8. The number of thioether (sulfide) groups is 1. The number of nitrogens with one attached hydrogen (secondary N) is 1. The van der Waals surface area contributed by atoms with E-state index in [4.69, 9.17) is 9.26 Å². The predicted octanol–water partition coefficient (Wildman–Crippen LogP) is 3.79. The minimum absolute atomic E-state index is 0.209. The van der Waals surface area contributed by atoms with Gasteiger partial charge in [0, 0.05) is 17.2 Å². The fraction of sp³-hybridized carbons (Fsp3) is 0.100. The van der Waals surface area contributed by atoms with Crippen molar-refractivity contribution in [3.8, 4) is 28.4 Å². The molecule has 28 heavy (non-hydrogen) atoms. The Labute approximate surface area is 164 Å². The third-order valence-corrected chi connectivity index (χ3v) is 4.78. The van der Waals surface area contributed by atoms with Gasteiger partial charge in [-0.2, -0.15) is 4.98 Å². The van der Waals surface area contributed by atoms with Gasteiger partial charge in [0.2, 0.25) is 11.7 Å². The van der Waals surface area contributed by atoms with E-state index in [1.807, 2.05) is 54.6 Å². The second-order valence-corrected chi connectivity index (χ2v) is 6.80. The molecule has 0 bridgehead atoms. The molecule has 140 valence electrons. The summed E-state index contributed by atoms with van der Waals surface area (Å²) in [7, 11) is 1.61. The molecule has 0 saturated carbocycles. The van der Waals surface area contributed by atoms with E-state index >= 15 is 0 Å². The van der Waals surface area contributed by atoms with E-state index in [1.54, 1.807) is 7.11 Å². The van der Waals surface area contributed by atoms with Crippen molar-refractivity contribution in [3.05, 3.63) is 76.9 Å². The van der Waals surface area contributed by atoms with Gasteiger partial charge in [0.15, 0.2) is 5.16 Å². The fourth-order valence-corrected chi connectivity index (χ4v) is 3.30. The third-order valence-electron chi connectivity index (χ3n) is 3.92. The second kappa shape index (κ2) is 8.10. The number of H-pyrrole nitrogens is 1. The number of nitrogens with zero attached hydrogens (tertiary/aromatic N) is 3. The predicted molar refractivity (Wildman–Crippen MR) is 106 cm³/mol. The first-order chi connectivity index (χ1) is 13.7. The van der Waals surface area contributed by atoms with E-state index in [-0.39, 0.29) is 5.56 Å². The van der Waals surface area contributed by atoms with Gasteiger partial charge in [0.25, 0.3) is 5.56 Å². The first-order valence-corrected chi connectivity index (χ1v) is 9.46. The summed E-state index contributed by atoms with van der Waals surface area (Å²) in [5.41, 5.74) is 2.10. The summed E-state index contributed by atoms with van der Waals surface area (Å²) < 4.78 is 10.5. The van der Waals surface area contributed by atoms with E-state index in [2.05, 4.69) is 20.1 Å². The van der Waals surface area contributed by atoms with Crippen molar-refractivity contribution in [2.24, 2.45) is 0 Å². The number of benzene rings is 2. The highest BCUT2D eigenvalue weighted by molar-refractivity contribution is 7.98. The van der Waals surface area contributed by atoms with E-state index in [0.29, 0.717) is 28.3 Å². The Hall–Kier alpha value is -3.39. The molecule has 0 radical (unpaired) electrons. The third kappa shape index (κ3) is 4.12. The maximum atomic E-state index is 12.0. The highest BCUT2D eigenvalue weighted by atomic mass is 32.2. The van der Waals surface area contributed by atoms with Crippen molar-refractivity contribution < 1.29 is 9.26 Å². The lowest BCUT2D eigenvalue weighted by Crippen LogP contribution is -2.08. The highest BCUT2D eigenvalue weighted by Gasteiger charge is 2.11. The monoisotopic (exact) mass is 392 g/mol. The molecule has 0 fully saturated rings. The molecule has 0 spiro atoms. The van der Waals surface area contributed by atoms with Crippen molar-refractivity contribution in [2.75, 3.05) is 7.11 Å². The number of hydrogen-bond donors (Lipinski definition) is 1. The Morgan fingerprint density at radius 2 is 1.86 bits per heavy atom. The minimum Gasteiger partial charge on any atom is -0.497 e. The molecule has 0 saturated heterocycles. The SMILES string of the molecule is COc1cccc(-c2noc(CSc3nc(-c4ccccc4)cc(=O)[nH]3)n2)c1. The van der Waals surface area contributed by atoms with Crippen LogP contribution in [0.5, 0.6) is 5.75 Å². The zero-order chi connectivity index (χ0) is 19.3. The van der Waals surface area contributed by atoms with E-state index in [9.17, 15) is 4.79 Å². The van der Waals surface area contributed by atoms with Crippen molar-refractivity contribution in [3.63, 3.8) is 0 Å². The normalized spacial score (nSPS) is 10.8. The average molecular weight is 392 g/mol. The molecule has 2 aromatic heterocycles. The van der Waals surface area contributed by atoms with Gasteiger partial charge >= 0.3 is 0 Å². The zero-order valence-electron chi connectivity index (χ0n) is 15.0. The molecule has 2 heterocycles. The quantitative estimate of drug-likeness (QED) is 0.394. The van der Waals surface area contributed by atoms with Crippen LogP contribution >= 0.6 is 11.8 Å². The highest BCUT2D eigenvalue weighted by Crippen LogP contribution is 2.24. The summed E-state index contributed by atoms with van der Waals surface area (Å²) in [6, 6.07) is 18.5. The van der Waals surface area contributed by atoms with Crippen LogP contribution in [-0.2, 0) is 5.75 Å². The van der Waals surface area contributed by atoms with Crippen LogP contribution < -0.4 is 10.3 Å². The topological polar surface area (TPSA) is 93.9 Å². The first kappa shape index (κ1) is 18.0. The van der Waals surface area contributed by atoms with Gasteiger partial charge in [-0.3, -0.25) is 4.79 Å². The van der Waals surface area contributed by atoms with Crippen LogP contribution in [0.4, 0.5) is 0 Å². The lowest BCUT2D eigenvalue weighted by Gasteiger charge is -2.03. The van der Waals surface area contributed by atoms with Gasteiger partial charge in [-0.15, -0.1) is 0 Å². The van der Waals surface area contributed by atoms with Crippen LogP contribution in [0.3, 0.4) is 0 Å². The van der Waals surface area contributed by atoms with Crippen LogP contribution in [0.25, 0.3) is 22.6 Å². The van der Waals surface area contributed by atoms with E-state index in [1.165, 1.54) is 17.8 Å². The standard InChI is InChI=1S/C20H16N4O3S/c1-26-15-9-5-8-14(10-15)19-23-18(27-24-19)12-28-20-21-16(11-17(25)22-20)13-6-3-2-4-7-13/h2-11H,12H2,1H3,(H,21,22,25). The molecule has 7 nitrogen and oxygen atoms in total. The number of methoxy groups -OCH3 is 1. The Kier molecular flexibility index (Phi) is 5.20. The lowest BCUT2D eigenvalue weighted by atomic mass is 10.1. The summed E-state index contributed by atoms with van der Waals surface area (Å²) in [6.45, 7) is 0. The second-order valence-electron chi connectivity index (χ2n) is 5.83. The van der Waals surface area contributed by atoms with Gasteiger partial charge in [-0.25, -0.2) is 4.98 Å². The number of hydrogen-bond acceptors (Lipinski definition) is 7. The molecule has 0 aliphatic rings. The van der Waals surface area contributed by atoms with E-state index in [0.717, 1.165) is 16.9 Å². The Morgan fingerprint density at radius 3 is 2.68 bits per heavy atom. The Balaban J connectivity index is 1.50. The van der Waals surface area contributed by atoms with Gasteiger partial charge in [-0.05, 0) is 12.1 Å². The molecule has 4 aromatic rings. The first-order valence-electron chi connectivity index (χ1n) is 8.48. The average Bonchev–Trinajstić information content (AvgIpc) is 3.22. The van der Waals surface area contributed by atoms with Gasteiger partial charge in [-0.1, -0.05) is 59.4 Å². The Bertz CT molecular complexity index is 1140. The smallest absolute Gasteiger partial charge is 0.252 e. The number of aromatic nitrogens is 4. The van der Waals surface area contributed by atoms with Gasteiger partial charge in [0.1, 0.15) is 5.75 Å². The van der Waals surface area contributed by atoms with Crippen LogP contribution in [0.2, 0.25) is 0 Å². The van der Waals surface area contributed by atoms with Crippen molar-refractivity contribution in [1.82, 2.24) is 20.1 Å². The number of rotatable bonds is 6. The van der Waals surface area contributed by atoms with Crippen molar-refractivity contribution >= 4 is 11.8 Å². The molecule has 1 N–H and O–H groups in total. The molecule has 0 unspecified atom stereocenters. The molecule has 0 atom stereocenters. The summed E-state index contributed by atoms with van der Waals surface area (Å²) in [4.78, 5) is 23.6. The van der Waals surface area contributed by atoms with Gasteiger partial charge < -0.3 is 14.2 Å². The largest absolute Gasteiger partial charge is 0.497 e. The van der Waals surface area contributed by atoms with Crippen LogP contribution in [0.1, 0.15) is 5.89 Å². The molecular weight excluding hydrogens is 376 g/mol. The number of ether oxygens (including phenoxy) is 1. The summed E-state index contributed by atoms with van der Waals surface area (Å²) in [5.74, 6) is 2.03. The maximum absolute atomic E-state index is 12.0. The molecule has 4 rings (SSSR count). The maximum Gasteiger partial charge on any atom is 0.252 e. The molecule has 8 heteroatoms. The fourth-order valence-electron chi connectivity index (χ4n) is 2.58. The minimum atomic E-state index is -0.209. The summed E-state index contributed by atoms with van der Waals surface area (Å²) in [6.07, 6.45) is 0. The van der Waals surface area contributed by atoms with Crippen LogP contribution in [0, 0.1) is 0 Å². The summed E-state index contributed by atoms with van der Waals surface area (Å²) >= 11 is 1.33. The van der Waals surface area contributed by atoms with Crippen molar-refractivity contribution in [2.45, 2.75) is 10.9 Å². The van der Waals surface area contributed by atoms with E-state index < -0.39 is 0 Å². The van der Waals surface area contributed by atoms with Crippen LogP contribution in [-0.4, -0.2) is 27.2 Å². The van der Waals surface area contributed by atoms with Crippen LogP contribution in [0.15, 0.2) is 75.1 Å². The van der Waals surface area contributed by atoms with Crippen molar-refractivity contribution in [1.29, 1.82) is 0 Å². The molecule has 0 aliphatic heterocycles. The Morgan fingerprint density at radius 1 is 1.04 bits per heavy atom. The number of aromatic amines is 1. The molecular formula is C20H16N4O3S. The van der Waals surface area contributed by atoms with Gasteiger partial charge in [0.05, 0.1) is 18.6 Å². The molecule has 0 aliphatic carbocycles.